The highest BCUT2D eigenvalue weighted by Crippen LogP contribution is 2.30. The van der Waals surface area contributed by atoms with Gasteiger partial charge in [-0.1, -0.05) is 22.0 Å². The Morgan fingerprint density at radius 3 is 2.63 bits per heavy atom. The zero-order valence-corrected chi connectivity index (χ0v) is 11.8. The predicted molar refractivity (Wildman–Crippen MR) is 74.0 cm³/mol. The molecule has 0 radical (unpaired) electrons. The fourth-order valence-corrected chi connectivity index (χ4v) is 1.61. The van der Waals surface area contributed by atoms with Crippen molar-refractivity contribution in [3.63, 3.8) is 0 Å². The average molecular weight is 322 g/mol. The molecular weight excluding hydrogens is 310 g/mol. The maximum Gasteiger partial charge on any atom is 0.240 e. The molecule has 0 aliphatic heterocycles. The summed E-state index contributed by atoms with van der Waals surface area (Å²) in [6.45, 7) is 1.65. The summed E-state index contributed by atoms with van der Waals surface area (Å²) in [7, 11) is 0. The fraction of sp³-hybridized carbons (Fsp3) is 0.154. The SMILES string of the molecule is CC(Br)(C(N)=O)c1ccc(Oc2ccccn2)cn1. The number of amides is 1. The number of alkyl halides is 1. The van der Waals surface area contributed by atoms with Crippen molar-refractivity contribution in [3.05, 3.63) is 48.4 Å². The van der Waals surface area contributed by atoms with Crippen LogP contribution >= 0.6 is 15.9 Å². The third kappa shape index (κ3) is 3.08. The zero-order chi connectivity index (χ0) is 13.9. The van der Waals surface area contributed by atoms with E-state index in [0.29, 0.717) is 17.3 Å². The van der Waals surface area contributed by atoms with Crippen LogP contribution in [0.5, 0.6) is 11.6 Å². The molecule has 0 bridgehead atoms. The molecule has 2 heterocycles. The number of hydrogen-bond donors (Lipinski definition) is 1. The van der Waals surface area contributed by atoms with E-state index in [2.05, 4.69) is 25.9 Å². The Balaban J connectivity index is 2.18. The number of nitrogens with zero attached hydrogens (tertiary/aromatic N) is 2. The Hall–Kier alpha value is -1.95. The second kappa shape index (κ2) is 5.36. The Morgan fingerprint density at radius 2 is 2.11 bits per heavy atom. The molecule has 2 N–H and O–H groups in total. The minimum atomic E-state index is -0.990. The van der Waals surface area contributed by atoms with E-state index >= 15 is 0 Å². The van der Waals surface area contributed by atoms with Gasteiger partial charge in [-0.05, 0) is 25.1 Å². The van der Waals surface area contributed by atoms with Gasteiger partial charge in [0.05, 0.1) is 11.9 Å². The minimum absolute atomic E-state index is 0.480. The molecule has 19 heavy (non-hydrogen) atoms. The molecule has 1 unspecified atom stereocenters. The van der Waals surface area contributed by atoms with Gasteiger partial charge in [0.25, 0.3) is 0 Å². The Labute approximate surface area is 119 Å². The number of primary amides is 1. The molecule has 0 saturated heterocycles. The molecular formula is C13H12BrN3O2. The van der Waals surface area contributed by atoms with Crippen molar-refractivity contribution in [2.45, 2.75) is 11.2 Å². The van der Waals surface area contributed by atoms with Crippen molar-refractivity contribution in [1.82, 2.24) is 9.97 Å². The van der Waals surface area contributed by atoms with Gasteiger partial charge in [-0.3, -0.25) is 9.78 Å². The van der Waals surface area contributed by atoms with Gasteiger partial charge in [0, 0.05) is 12.3 Å². The second-order valence-electron chi connectivity index (χ2n) is 4.02. The largest absolute Gasteiger partial charge is 0.437 e. The lowest BCUT2D eigenvalue weighted by Gasteiger charge is -2.17. The molecule has 6 heteroatoms. The lowest BCUT2D eigenvalue weighted by Crippen LogP contribution is -2.33. The van der Waals surface area contributed by atoms with E-state index in [9.17, 15) is 4.79 Å². The highest BCUT2D eigenvalue weighted by molar-refractivity contribution is 9.10. The lowest BCUT2D eigenvalue weighted by atomic mass is 10.1. The molecule has 5 nitrogen and oxygen atoms in total. The number of hydrogen-bond acceptors (Lipinski definition) is 4. The van der Waals surface area contributed by atoms with Crippen LogP contribution in [0.15, 0.2) is 42.7 Å². The standard InChI is InChI=1S/C13H12BrN3O2/c1-13(14,12(15)18)10-6-5-9(8-17-10)19-11-4-2-3-7-16-11/h2-8H,1H3,(H2,15,18). The van der Waals surface area contributed by atoms with Crippen LogP contribution in [0.1, 0.15) is 12.6 Å². The predicted octanol–water partition coefficient (Wildman–Crippen LogP) is 2.36. The van der Waals surface area contributed by atoms with Gasteiger partial charge in [-0.2, -0.15) is 0 Å². The molecule has 2 aromatic heterocycles. The molecule has 0 spiro atoms. The maximum atomic E-state index is 11.3. The van der Waals surface area contributed by atoms with Gasteiger partial charge in [0.15, 0.2) is 0 Å². The molecule has 0 saturated carbocycles. The van der Waals surface area contributed by atoms with Gasteiger partial charge >= 0.3 is 0 Å². The normalized spacial score (nSPS) is 13.6. The monoisotopic (exact) mass is 321 g/mol. The summed E-state index contributed by atoms with van der Waals surface area (Å²) in [5.74, 6) is 0.516. The summed E-state index contributed by atoms with van der Waals surface area (Å²) < 4.78 is 4.51. The first-order valence-corrected chi connectivity index (χ1v) is 6.33. The topological polar surface area (TPSA) is 78.1 Å². The molecule has 1 atom stereocenters. The molecule has 2 rings (SSSR count). The molecule has 0 aliphatic carbocycles. The summed E-state index contributed by atoms with van der Waals surface area (Å²) in [4.78, 5) is 19.5. The summed E-state index contributed by atoms with van der Waals surface area (Å²) >= 11 is 3.26. The van der Waals surface area contributed by atoms with E-state index in [4.69, 9.17) is 10.5 Å². The van der Waals surface area contributed by atoms with Crippen molar-refractivity contribution >= 4 is 21.8 Å². The van der Waals surface area contributed by atoms with Crippen LogP contribution in [0.4, 0.5) is 0 Å². The second-order valence-corrected chi connectivity index (χ2v) is 5.60. The summed E-state index contributed by atoms with van der Waals surface area (Å²) in [5.41, 5.74) is 5.82. The van der Waals surface area contributed by atoms with Gasteiger partial charge in [-0.15, -0.1) is 0 Å². The van der Waals surface area contributed by atoms with Crippen LogP contribution in [0.3, 0.4) is 0 Å². The molecule has 0 aliphatic rings. The number of pyridine rings is 2. The van der Waals surface area contributed by atoms with E-state index < -0.39 is 10.2 Å². The van der Waals surface area contributed by atoms with Crippen molar-refractivity contribution in [3.8, 4) is 11.6 Å². The number of ether oxygens (including phenoxy) is 1. The van der Waals surface area contributed by atoms with Crippen LogP contribution < -0.4 is 10.5 Å². The summed E-state index contributed by atoms with van der Waals surface area (Å²) in [6, 6.07) is 8.76. The average Bonchev–Trinajstić information content (AvgIpc) is 2.40. The highest BCUT2D eigenvalue weighted by Gasteiger charge is 2.31. The van der Waals surface area contributed by atoms with Gasteiger partial charge < -0.3 is 10.5 Å². The Morgan fingerprint density at radius 1 is 1.32 bits per heavy atom. The molecule has 0 fully saturated rings. The third-order valence-corrected chi connectivity index (χ3v) is 3.34. The van der Waals surface area contributed by atoms with Crippen LogP contribution in [0.2, 0.25) is 0 Å². The number of carbonyl (C=O) groups excluding carboxylic acids is 1. The van der Waals surface area contributed by atoms with E-state index in [1.807, 2.05) is 6.07 Å². The highest BCUT2D eigenvalue weighted by atomic mass is 79.9. The van der Waals surface area contributed by atoms with E-state index in [-0.39, 0.29) is 0 Å². The third-order valence-electron chi connectivity index (χ3n) is 2.54. The van der Waals surface area contributed by atoms with Crippen molar-refractivity contribution in [2.75, 3.05) is 0 Å². The minimum Gasteiger partial charge on any atom is -0.437 e. The first-order chi connectivity index (χ1) is 9.00. The van der Waals surface area contributed by atoms with Crippen molar-refractivity contribution < 1.29 is 9.53 Å². The molecule has 98 valence electrons. The summed E-state index contributed by atoms with van der Waals surface area (Å²) in [6.07, 6.45) is 3.16. The van der Waals surface area contributed by atoms with Crippen LogP contribution in [0, 0.1) is 0 Å². The first kappa shape index (κ1) is 13.5. The van der Waals surface area contributed by atoms with Crippen LogP contribution in [-0.2, 0) is 9.12 Å². The number of carbonyl (C=O) groups is 1. The quantitative estimate of drug-likeness (QED) is 0.877. The Bertz CT molecular complexity index is 570. The number of halogens is 1. The molecule has 0 aromatic carbocycles. The van der Waals surface area contributed by atoms with Gasteiger partial charge in [-0.25, -0.2) is 4.98 Å². The van der Waals surface area contributed by atoms with Crippen LogP contribution in [0.25, 0.3) is 0 Å². The van der Waals surface area contributed by atoms with E-state index in [1.54, 1.807) is 37.4 Å². The summed E-state index contributed by atoms with van der Waals surface area (Å²) in [5, 5.41) is 0. The molecule has 1 amide bonds. The van der Waals surface area contributed by atoms with Gasteiger partial charge in [0.1, 0.15) is 10.1 Å². The van der Waals surface area contributed by atoms with Crippen molar-refractivity contribution in [2.24, 2.45) is 5.73 Å². The van der Waals surface area contributed by atoms with Crippen molar-refractivity contribution in [1.29, 1.82) is 0 Å². The number of nitrogens with two attached hydrogens (primary N) is 1. The first-order valence-electron chi connectivity index (χ1n) is 5.54. The van der Waals surface area contributed by atoms with E-state index in [0.717, 1.165) is 0 Å². The number of rotatable bonds is 4. The smallest absolute Gasteiger partial charge is 0.240 e. The Kier molecular flexibility index (Phi) is 3.80. The van der Waals surface area contributed by atoms with Gasteiger partial charge in [0.2, 0.25) is 11.8 Å². The maximum absolute atomic E-state index is 11.3. The fourth-order valence-electron chi connectivity index (χ4n) is 1.37. The number of aromatic nitrogens is 2. The lowest BCUT2D eigenvalue weighted by molar-refractivity contribution is -0.120. The zero-order valence-electron chi connectivity index (χ0n) is 10.2. The molecule has 2 aromatic rings. The van der Waals surface area contributed by atoms with E-state index in [1.165, 1.54) is 6.20 Å². The van der Waals surface area contributed by atoms with Crippen LogP contribution in [-0.4, -0.2) is 15.9 Å².